The average molecular weight is 355 g/mol. The Bertz CT molecular complexity index is 886. The van der Waals surface area contributed by atoms with Gasteiger partial charge in [-0.05, 0) is 50.8 Å². The number of rotatable bonds is 2. The van der Waals surface area contributed by atoms with E-state index < -0.39 is 0 Å². The molecule has 3 fully saturated rings. The molecular formula is C20H25N3O3. The molecule has 0 aliphatic carbocycles. The molecule has 0 spiro atoms. The summed E-state index contributed by atoms with van der Waals surface area (Å²) in [7, 11) is 0. The Hall–Kier alpha value is -2.08. The molecule has 0 bridgehead atoms. The number of para-hydroxylation sites is 2. The van der Waals surface area contributed by atoms with Crippen molar-refractivity contribution in [1.29, 1.82) is 0 Å². The van der Waals surface area contributed by atoms with Crippen LogP contribution in [0.2, 0.25) is 0 Å². The molecule has 0 N–H and O–H groups in total. The number of aromatic nitrogens is 1. The molecule has 1 amide bonds. The Morgan fingerprint density at radius 3 is 2.81 bits per heavy atom. The van der Waals surface area contributed by atoms with Gasteiger partial charge in [-0.3, -0.25) is 14.3 Å². The van der Waals surface area contributed by atoms with Crippen molar-refractivity contribution in [3.05, 3.63) is 34.8 Å². The van der Waals surface area contributed by atoms with Crippen LogP contribution < -0.4 is 5.76 Å². The minimum atomic E-state index is -0.317. The fraction of sp³-hybridized carbons (Fsp3) is 0.600. The maximum atomic E-state index is 13.1. The van der Waals surface area contributed by atoms with Crippen LogP contribution in [0.1, 0.15) is 44.6 Å². The van der Waals surface area contributed by atoms with Gasteiger partial charge in [0.2, 0.25) is 5.91 Å². The number of carbonyl (C=O) groups is 1. The van der Waals surface area contributed by atoms with Gasteiger partial charge in [-0.2, -0.15) is 0 Å². The number of piperidine rings is 1. The van der Waals surface area contributed by atoms with Gasteiger partial charge in [0, 0.05) is 19.1 Å². The number of carbonyl (C=O) groups excluding carboxylic acids is 1. The van der Waals surface area contributed by atoms with Crippen LogP contribution in [0.3, 0.4) is 0 Å². The Labute approximate surface area is 152 Å². The van der Waals surface area contributed by atoms with Crippen molar-refractivity contribution in [2.75, 3.05) is 19.6 Å². The molecule has 3 unspecified atom stereocenters. The van der Waals surface area contributed by atoms with E-state index in [-0.39, 0.29) is 23.7 Å². The van der Waals surface area contributed by atoms with Crippen LogP contribution in [0.4, 0.5) is 0 Å². The molecular weight excluding hydrogens is 330 g/mol. The summed E-state index contributed by atoms with van der Waals surface area (Å²) < 4.78 is 7.11. The first-order valence-electron chi connectivity index (χ1n) is 9.87. The lowest BCUT2D eigenvalue weighted by Crippen LogP contribution is -2.48. The molecule has 1 aromatic heterocycles. The van der Waals surface area contributed by atoms with Crippen LogP contribution >= 0.6 is 0 Å². The number of benzene rings is 1. The highest BCUT2D eigenvalue weighted by molar-refractivity contribution is 5.82. The molecule has 5 rings (SSSR count). The summed E-state index contributed by atoms with van der Waals surface area (Å²) in [6.07, 6.45) is 6.69. The number of likely N-dealkylation sites (tertiary alicyclic amines) is 1. The van der Waals surface area contributed by atoms with Gasteiger partial charge in [0.25, 0.3) is 0 Å². The molecule has 3 saturated heterocycles. The predicted octanol–water partition coefficient (Wildman–Crippen LogP) is 2.38. The first-order chi connectivity index (χ1) is 12.7. The molecule has 3 aliphatic heterocycles. The summed E-state index contributed by atoms with van der Waals surface area (Å²) in [6, 6.07) is 8.19. The van der Waals surface area contributed by atoms with E-state index in [0.717, 1.165) is 37.9 Å². The zero-order valence-corrected chi connectivity index (χ0v) is 15.0. The zero-order valence-electron chi connectivity index (χ0n) is 15.0. The third-order valence-electron chi connectivity index (χ3n) is 6.49. The fourth-order valence-electron chi connectivity index (χ4n) is 5.22. The Balaban J connectivity index is 1.35. The number of hydrogen-bond acceptors (Lipinski definition) is 4. The molecule has 0 saturated carbocycles. The summed E-state index contributed by atoms with van der Waals surface area (Å²) in [4.78, 5) is 29.9. The van der Waals surface area contributed by atoms with Crippen LogP contribution in [0, 0.1) is 0 Å². The maximum absolute atomic E-state index is 13.1. The Morgan fingerprint density at radius 1 is 1.00 bits per heavy atom. The van der Waals surface area contributed by atoms with Crippen molar-refractivity contribution in [3.63, 3.8) is 0 Å². The number of amides is 1. The molecule has 6 heteroatoms. The van der Waals surface area contributed by atoms with Gasteiger partial charge in [0.05, 0.1) is 17.6 Å². The predicted molar refractivity (Wildman–Crippen MR) is 98.1 cm³/mol. The molecule has 3 aliphatic rings. The van der Waals surface area contributed by atoms with Crippen molar-refractivity contribution >= 4 is 17.0 Å². The van der Waals surface area contributed by atoms with Crippen molar-refractivity contribution in [2.45, 2.75) is 56.7 Å². The van der Waals surface area contributed by atoms with Gasteiger partial charge in [0.15, 0.2) is 5.58 Å². The topological polar surface area (TPSA) is 58.7 Å². The molecule has 138 valence electrons. The van der Waals surface area contributed by atoms with E-state index >= 15 is 0 Å². The number of hydrogen-bond donors (Lipinski definition) is 0. The van der Waals surface area contributed by atoms with E-state index in [0.29, 0.717) is 18.2 Å². The lowest BCUT2D eigenvalue weighted by Gasteiger charge is -2.34. The third-order valence-corrected chi connectivity index (χ3v) is 6.49. The van der Waals surface area contributed by atoms with Gasteiger partial charge in [-0.1, -0.05) is 18.6 Å². The van der Waals surface area contributed by atoms with E-state index in [1.807, 2.05) is 29.2 Å². The number of fused-ring (bicyclic) bond motifs is 2. The van der Waals surface area contributed by atoms with Crippen LogP contribution in [-0.4, -0.2) is 52.0 Å². The Kier molecular flexibility index (Phi) is 3.89. The normalized spacial score (nSPS) is 29.4. The van der Waals surface area contributed by atoms with Crippen LogP contribution in [0.5, 0.6) is 0 Å². The molecule has 3 atom stereocenters. The van der Waals surface area contributed by atoms with Gasteiger partial charge in [0.1, 0.15) is 0 Å². The highest BCUT2D eigenvalue weighted by Gasteiger charge is 2.42. The minimum Gasteiger partial charge on any atom is -0.408 e. The first-order valence-corrected chi connectivity index (χ1v) is 9.87. The lowest BCUT2D eigenvalue weighted by atomic mass is 10.0. The summed E-state index contributed by atoms with van der Waals surface area (Å²) in [6.45, 7) is 2.39. The summed E-state index contributed by atoms with van der Waals surface area (Å²) >= 11 is 0. The highest BCUT2D eigenvalue weighted by atomic mass is 16.4. The second-order valence-corrected chi connectivity index (χ2v) is 7.91. The molecule has 4 heterocycles. The van der Waals surface area contributed by atoms with Crippen LogP contribution in [0.15, 0.2) is 33.5 Å². The first kappa shape index (κ1) is 16.1. The quantitative estimate of drug-likeness (QED) is 0.830. The highest BCUT2D eigenvalue weighted by Crippen LogP contribution is 2.34. The lowest BCUT2D eigenvalue weighted by molar-refractivity contribution is -0.135. The SMILES string of the molecule is O=C(C1CCC2CCCCN21)N1CCC(n2c(=O)oc3ccccc32)C1. The minimum absolute atomic E-state index is 0.00801. The third kappa shape index (κ3) is 2.50. The summed E-state index contributed by atoms with van der Waals surface area (Å²) in [5.41, 5.74) is 1.45. The average Bonchev–Trinajstić information content (AvgIpc) is 3.36. The van der Waals surface area contributed by atoms with E-state index in [4.69, 9.17) is 4.42 Å². The van der Waals surface area contributed by atoms with Crippen molar-refractivity contribution in [2.24, 2.45) is 0 Å². The molecule has 1 aromatic carbocycles. The molecule has 0 radical (unpaired) electrons. The van der Waals surface area contributed by atoms with Gasteiger partial charge >= 0.3 is 5.76 Å². The monoisotopic (exact) mass is 355 g/mol. The van der Waals surface area contributed by atoms with E-state index in [9.17, 15) is 9.59 Å². The maximum Gasteiger partial charge on any atom is 0.420 e. The van der Waals surface area contributed by atoms with Crippen LogP contribution in [-0.2, 0) is 4.79 Å². The largest absolute Gasteiger partial charge is 0.420 e. The van der Waals surface area contributed by atoms with Crippen LogP contribution in [0.25, 0.3) is 11.1 Å². The van der Waals surface area contributed by atoms with E-state index in [1.165, 1.54) is 19.3 Å². The molecule has 26 heavy (non-hydrogen) atoms. The van der Waals surface area contributed by atoms with Crippen molar-refractivity contribution < 1.29 is 9.21 Å². The van der Waals surface area contributed by atoms with Gasteiger partial charge in [-0.15, -0.1) is 0 Å². The zero-order chi connectivity index (χ0) is 17.7. The van der Waals surface area contributed by atoms with Gasteiger partial charge in [-0.25, -0.2) is 4.79 Å². The fourth-order valence-corrected chi connectivity index (χ4v) is 5.22. The molecule has 2 aromatic rings. The Morgan fingerprint density at radius 2 is 1.88 bits per heavy atom. The standard InChI is InChI=1S/C20H25N3O3/c24-19(17-9-8-14-5-3-4-11-22(14)17)21-12-10-15(13-21)23-16-6-1-2-7-18(16)26-20(23)25/h1-2,6-7,14-15,17H,3-5,8-13H2. The summed E-state index contributed by atoms with van der Waals surface area (Å²) in [5, 5.41) is 0. The van der Waals surface area contributed by atoms with Gasteiger partial charge < -0.3 is 9.32 Å². The van der Waals surface area contributed by atoms with Crippen molar-refractivity contribution in [3.8, 4) is 0 Å². The second kappa shape index (κ2) is 6.27. The van der Waals surface area contributed by atoms with E-state index in [2.05, 4.69) is 4.90 Å². The number of oxazole rings is 1. The van der Waals surface area contributed by atoms with E-state index in [1.54, 1.807) is 4.57 Å². The second-order valence-electron chi connectivity index (χ2n) is 7.91. The summed E-state index contributed by atoms with van der Waals surface area (Å²) in [5.74, 6) is -0.0554. The number of nitrogens with zero attached hydrogens (tertiary/aromatic N) is 3. The molecule has 6 nitrogen and oxygen atoms in total. The van der Waals surface area contributed by atoms with Crippen molar-refractivity contribution in [1.82, 2.24) is 14.4 Å². The smallest absolute Gasteiger partial charge is 0.408 e.